The Balaban J connectivity index is 3.02. The van der Waals surface area contributed by atoms with Gasteiger partial charge < -0.3 is 4.90 Å². The fourth-order valence-electron chi connectivity index (χ4n) is 0.869. The van der Waals surface area contributed by atoms with Crippen molar-refractivity contribution in [3.63, 3.8) is 0 Å². The maximum atomic E-state index is 4.27. The van der Waals surface area contributed by atoms with Crippen LogP contribution in [0.15, 0.2) is 17.2 Å². The molecule has 4 heteroatoms. The van der Waals surface area contributed by atoms with Crippen molar-refractivity contribution in [2.24, 2.45) is 0 Å². The van der Waals surface area contributed by atoms with Crippen molar-refractivity contribution >= 4 is 28.3 Å². The monoisotopic (exact) mass is 200 g/mol. The SMILES string of the molecule is Cc1cc(N(C)C)ncc1SS. The normalized spacial score (nSPS) is 10.0. The van der Waals surface area contributed by atoms with Crippen LogP contribution < -0.4 is 4.90 Å². The molecular formula is C8H12N2S2. The van der Waals surface area contributed by atoms with Gasteiger partial charge in [-0.05, 0) is 18.6 Å². The second-order valence-corrected chi connectivity index (χ2v) is 3.96. The summed E-state index contributed by atoms with van der Waals surface area (Å²) < 4.78 is 0. The second-order valence-electron chi connectivity index (χ2n) is 2.79. The molecule has 0 unspecified atom stereocenters. The molecule has 1 aromatic rings. The van der Waals surface area contributed by atoms with Crippen LogP contribution in [0.25, 0.3) is 0 Å². The lowest BCUT2D eigenvalue weighted by molar-refractivity contribution is 1.04. The molecule has 66 valence electrons. The molecule has 0 amide bonds. The van der Waals surface area contributed by atoms with Crippen LogP contribution >= 0.6 is 22.5 Å². The number of hydrogen-bond acceptors (Lipinski definition) is 4. The Morgan fingerprint density at radius 3 is 2.58 bits per heavy atom. The summed E-state index contributed by atoms with van der Waals surface area (Å²) in [6, 6.07) is 2.05. The first-order valence-corrected chi connectivity index (χ1v) is 5.47. The molecular weight excluding hydrogens is 188 g/mol. The number of pyridine rings is 1. The molecule has 0 aromatic carbocycles. The predicted octanol–water partition coefficient (Wildman–Crippen LogP) is 2.39. The van der Waals surface area contributed by atoms with Gasteiger partial charge in [-0.2, -0.15) is 0 Å². The van der Waals surface area contributed by atoms with Gasteiger partial charge in [-0.25, -0.2) is 4.98 Å². The zero-order chi connectivity index (χ0) is 9.14. The van der Waals surface area contributed by atoms with Crippen LogP contribution in [-0.4, -0.2) is 19.1 Å². The van der Waals surface area contributed by atoms with Gasteiger partial charge in [0.2, 0.25) is 0 Å². The molecule has 1 aromatic heterocycles. The maximum absolute atomic E-state index is 4.27. The van der Waals surface area contributed by atoms with E-state index in [1.807, 2.05) is 25.2 Å². The van der Waals surface area contributed by atoms with E-state index in [1.54, 1.807) is 0 Å². The second kappa shape index (κ2) is 4.05. The highest BCUT2D eigenvalue weighted by atomic mass is 33.1. The third kappa shape index (κ3) is 2.08. The minimum atomic E-state index is 0.985. The molecule has 0 bridgehead atoms. The van der Waals surface area contributed by atoms with E-state index in [0.29, 0.717) is 0 Å². The van der Waals surface area contributed by atoms with Crippen molar-refractivity contribution in [2.75, 3.05) is 19.0 Å². The maximum Gasteiger partial charge on any atom is 0.128 e. The van der Waals surface area contributed by atoms with Crippen LogP contribution in [-0.2, 0) is 0 Å². The Hall–Kier alpha value is -0.350. The summed E-state index contributed by atoms with van der Waals surface area (Å²) in [5, 5.41) is 0. The average Bonchev–Trinajstić information content (AvgIpc) is 2.04. The third-order valence-corrected chi connectivity index (χ3v) is 2.82. The van der Waals surface area contributed by atoms with Crippen LogP contribution in [0.2, 0.25) is 0 Å². The fourth-order valence-corrected chi connectivity index (χ4v) is 1.74. The van der Waals surface area contributed by atoms with Gasteiger partial charge in [0.1, 0.15) is 5.82 Å². The molecule has 0 saturated heterocycles. The van der Waals surface area contributed by atoms with Gasteiger partial charge in [0, 0.05) is 25.2 Å². The van der Waals surface area contributed by atoms with Crippen molar-refractivity contribution in [2.45, 2.75) is 11.8 Å². The molecule has 0 spiro atoms. The molecule has 0 N–H and O–H groups in total. The highest BCUT2D eigenvalue weighted by Gasteiger charge is 2.01. The number of anilines is 1. The van der Waals surface area contributed by atoms with Crippen molar-refractivity contribution < 1.29 is 0 Å². The zero-order valence-electron chi connectivity index (χ0n) is 7.40. The van der Waals surface area contributed by atoms with Crippen molar-refractivity contribution in [3.8, 4) is 0 Å². The first kappa shape index (κ1) is 9.74. The van der Waals surface area contributed by atoms with Gasteiger partial charge in [-0.3, -0.25) is 0 Å². The Labute approximate surface area is 82.2 Å². The molecule has 1 heterocycles. The lowest BCUT2D eigenvalue weighted by Crippen LogP contribution is -2.10. The van der Waals surface area contributed by atoms with E-state index in [1.165, 1.54) is 16.4 Å². The van der Waals surface area contributed by atoms with Gasteiger partial charge >= 0.3 is 0 Å². The van der Waals surface area contributed by atoms with E-state index >= 15 is 0 Å². The van der Waals surface area contributed by atoms with Gasteiger partial charge in [-0.1, -0.05) is 10.8 Å². The summed E-state index contributed by atoms with van der Waals surface area (Å²) >= 11 is 4.13. The number of rotatable bonds is 2. The van der Waals surface area contributed by atoms with Gasteiger partial charge in [0.05, 0.1) is 0 Å². The van der Waals surface area contributed by atoms with Crippen LogP contribution in [0.4, 0.5) is 5.82 Å². The molecule has 12 heavy (non-hydrogen) atoms. The van der Waals surface area contributed by atoms with E-state index < -0.39 is 0 Å². The smallest absolute Gasteiger partial charge is 0.128 e. The quantitative estimate of drug-likeness (QED) is 0.583. The van der Waals surface area contributed by atoms with Gasteiger partial charge in [0.15, 0.2) is 0 Å². The van der Waals surface area contributed by atoms with Crippen LogP contribution in [0, 0.1) is 6.92 Å². The van der Waals surface area contributed by atoms with Gasteiger partial charge in [0.25, 0.3) is 0 Å². The van der Waals surface area contributed by atoms with Crippen LogP contribution in [0.3, 0.4) is 0 Å². The van der Waals surface area contributed by atoms with Crippen molar-refractivity contribution in [1.29, 1.82) is 0 Å². The van der Waals surface area contributed by atoms with E-state index in [2.05, 4.69) is 29.6 Å². The molecule has 0 radical (unpaired) electrons. The largest absolute Gasteiger partial charge is 0.363 e. The van der Waals surface area contributed by atoms with Crippen molar-refractivity contribution in [1.82, 2.24) is 4.98 Å². The minimum Gasteiger partial charge on any atom is -0.363 e. The van der Waals surface area contributed by atoms with E-state index in [0.717, 1.165) is 10.7 Å². The Bertz CT molecular complexity index is 274. The van der Waals surface area contributed by atoms with E-state index in [-0.39, 0.29) is 0 Å². The number of aromatic nitrogens is 1. The Morgan fingerprint density at radius 2 is 2.17 bits per heavy atom. The standard InChI is InChI=1S/C8H12N2S2/c1-6-4-8(10(2)3)9-5-7(6)12-11/h4-5,11H,1-3H3. The molecule has 2 nitrogen and oxygen atoms in total. The summed E-state index contributed by atoms with van der Waals surface area (Å²) in [6.45, 7) is 2.06. The van der Waals surface area contributed by atoms with Crippen molar-refractivity contribution in [3.05, 3.63) is 17.8 Å². The summed E-state index contributed by atoms with van der Waals surface area (Å²) in [6.07, 6.45) is 1.85. The topological polar surface area (TPSA) is 16.1 Å². The number of thiol groups is 1. The fraction of sp³-hybridized carbons (Fsp3) is 0.375. The van der Waals surface area contributed by atoms with E-state index in [4.69, 9.17) is 0 Å². The highest BCUT2D eigenvalue weighted by Crippen LogP contribution is 2.26. The summed E-state index contributed by atoms with van der Waals surface area (Å²) in [4.78, 5) is 7.37. The van der Waals surface area contributed by atoms with Crippen LogP contribution in [0.5, 0.6) is 0 Å². The Kier molecular flexibility index (Phi) is 3.29. The first-order valence-electron chi connectivity index (χ1n) is 3.60. The van der Waals surface area contributed by atoms with Gasteiger partial charge in [-0.15, -0.1) is 11.7 Å². The Morgan fingerprint density at radius 1 is 1.50 bits per heavy atom. The van der Waals surface area contributed by atoms with Crippen LogP contribution in [0.1, 0.15) is 5.56 Å². The third-order valence-electron chi connectivity index (χ3n) is 1.60. The van der Waals surface area contributed by atoms with E-state index in [9.17, 15) is 0 Å². The summed E-state index contributed by atoms with van der Waals surface area (Å²) in [5.41, 5.74) is 1.22. The summed E-state index contributed by atoms with van der Waals surface area (Å²) in [5.74, 6) is 0.985. The molecule has 1 rings (SSSR count). The number of hydrogen-bond donors (Lipinski definition) is 1. The number of nitrogens with zero attached hydrogens (tertiary/aromatic N) is 2. The lowest BCUT2D eigenvalue weighted by Gasteiger charge is -2.12. The lowest BCUT2D eigenvalue weighted by atomic mass is 10.3. The molecule has 0 fully saturated rings. The highest BCUT2D eigenvalue weighted by molar-refractivity contribution is 8.68. The molecule has 0 aliphatic carbocycles. The molecule has 0 saturated carbocycles. The summed E-state index contributed by atoms with van der Waals surface area (Å²) in [7, 11) is 5.39. The minimum absolute atomic E-state index is 0.985. The molecule has 0 aliphatic rings. The first-order chi connectivity index (χ1) is 5.65. The molecule has 0 atom stereocenters. The number of aryl methyl sites for hydroxylation is 1. The predicted molar refractivity (Wildman–Crippen MR) is 58.1 cm³/mol. The molecule has 0 aliphatic heterocycles. The average molecular weight is 200 g/mol. The zero-order valence-corrected chi connectivity index (χ0v) is 9.12.